The number of benzene rings is 2. The van der Waals surface area contributed by atoms with Gasteiger partial charge >= 0.3 is 35.5 Å². The molecule has 0 bridgehead atoms. The van der Waals surface area contributed by atoms with E-state index in [1.165, 1.54) is 0 Å². The van der Waals surface area contributed by atoms with E-state index in [-0.39, 0.29) is 58.4 Å². The number of hydrogen-bond donors (Lipinski definition) is 2. The van der Waals surface area contributed by atoms with E-state index in [0.29, 0.717) is 48.4 Å². The zero-order chi connectivity index (χ0) is 26.8. The van der Waals surface area contributed by atoms with E-state index < -0.39 is 11.9 Å². The molecule has 200 valence electrons. The number of carbonyl (C=O) groups excluding carboxylic acids is 3. The van der Waals surface area contributed by atoms with Gasteiger partial charge in [-0.15, -0.1) is 0 Å². The van der Waals surface area contributed by atoms with Crippen LogP contribution in [0, 0.1) is 0 Å². The summed E-state index contributed by atoms with van der Waals surface area (Å²) in [7, 11) is 0. The van der Waals surface area contributed by atoms with Gasteiger partial charge in [-0.05, 0) is 37.1 Å². The number of nitrogens with zero attached hydrogens (tertiary/aromatic N) is 2. The van der Waals surface area contributed by atoms with Gasteiger partial charge in [-0.25, -0.2) is 0 Å². The average molecular weight is 550 g/mol. The van der Waals surface area contributed by atoms with Crippen LogP contribution in [0.4, 0.5) is 0 Å². The van der Waals surface area contributed by atoms with Crippen molar-refractivity contribution in [3.05, 3.63) is 119 Å². The Hall–Kier alpha value is -3.76. The molecular formula is C30H28N3NaO6. The molecule has 9 nitrogen and oxygen atoms in total. The summed E-state index contributed by atoms with van der Waals surface area (Å²) in [5, 5.41) is 9.13. The fourth-order valence-electron chi connectivity index (χ4n) is 5.30. The summed E-state index contributed by atoms with van der Waals surface area (Å²) in [4.78, 5) is 47.2. The first-order valence-corrected chi connectivity index (χ1v) is 12.5. The van der Waals surface area contributed by atoms with Crippen molar-refractivity contribution >= 4 is 23.4 Å². The van der Waals surface area contributed by atoms with Crippen molar-refractivity contribution in [2.24, 2.45) is 5.73 Å². The molecule has 4 N–H and O–H groups in total. The van der Waals surface area contributed by atoms with Gasteiger partial charge in [0, 0.05) is 35.6 Å². The van der Waals surface area contributed by atoms with E-state index in [4.69, 9.17) is 10.8 Å². The average Bonchev–Trinajstić information content (AvgIpc) is 3.70. The number of carbonyl (C=O) groups is 4. The third-order valence-electron chi connectivity index (χ3n) is 7.20. The Labute approximate surface area is 253 Å². The number of hydrogen-bond acceptors (Lipinski definition) is 5. The van der Waals surface area contributed by atoms with Crippen LogP contribution in [0.15, 0.2) is 84.9 Å². The van der Waals surface area contributed by atoms with Crippen LogP contribution in [-0.2, 0) is 22.7 Å². The summed E-state index contributed by atoms with van der Waals surface area (Å²) >= 11 is 0. The van der Waals surface area contributed by atoms with Crippen molar-refractivity contribution in [1.29, 1.82) is 0 Å². The Kier molecular flexibility index (Phi) is 10.1. The quantitative estimate of drug-likeness (QED) is 0.268. The number of carboxylic acids is 1. The third kappa shape index (κ3) is 5.88. The molecule has 2 aliphatic heterocycles. The number of rotatable bonds is 6. The molecule has 0 fully saturated rings. The van der Waals surface area contributed by atoms with Crippen molar-refractivity contribution in [2.45, 2.75) is 37.8 Å². The summed E-state index contributed by atoms with van der Waals surface area (Å²) in [6.45, 7) is 1.26. The number of aliphatic carboxylic acids is 1. The first-order valence-electron chi connectivity index (χ1n) is 12.5. The molecule has 0 spiro atoms. The molecule has 10 heteroatoms. The van der Waals surface area contributed by atoms with Crippen LogP contribution < -0.4 is 35.3 Å². The maximum atomic E-state index is 12.4. The van der Waals surface area contributed by atoms with Crippen molar-refractivity contribution in [3.63, 3.8) is 0 Å². The van der Waals surface area contributed by atoms with Crippen LogP contribution in [0.3, 0.4) is 0 Å². The van der Waals surface area contributed by atoms with Crippen molar-refractivity contribution in [2.75, 3.05) is 0 Å². The van der Waals surface area contributed by atoms with Gasteiger partial charge in [0.2, 0.25) is 17.5 Å². The largest absolute Gasteiger partial charge is 1.00 e. The predicted octanol–water partition coefficient (Wildman–Crippen LogP) is 0.810. The van der Waals surface area contributed by atoms with E-state index in [1.807, 2.05) is 51.6 Å². The molecule has 0 saturated carbocycles. The molecule has 4 aromatic rings. The molecule has 2 atom stereocenters. The molecule has 1 amide bonds. The second-order valence-electron chi connectivity index (χ2n) is 9.40. The van der Waals surface area contributed by atoms with E-state index >= 15 is 0 Å². The SMILES string of the molecule is NC(=O)C1CCn2c(C(=O)c3ccccc3)ccc21.O=C(c1ccccc1)c1ccc2n1CCC2C(=O)O.[Na+].[OH-]. The van der Waals surface area contributed by atoms with Gasteiger partial charge in [0.25, 0.3) is 0 Å². The van der Waals surface area contributed by atoms with Gasteiger partial charge in [0.15, 0.2) is 0 Å². The smallest absolute Gasteiger partial charge is 0.870 e. The Balaban J connectivity index is 0.000000210. The molecule has 0 saturated heterocycles. The number of fused-ring (bicyclic) bond motifs is 2. The van der Waals surface area contributed by atoms with Gasteiger partial charge in [-0.2, -0.15) is 0 Å². The maximum absolute atomic E-state index is 12.4. The zero-order valence-electron chi connectivity index (χ0n) is 22.1. The van der Waals surface area contributed by atoms with Gasteiger partial charge < -0.3 is 25.5 Å². The van der Waals surface area contributed by atoms with E-state index in [9.17, 15) is 19.2 Å². The van der Waals surface area contributed by atoms with Crippen LogP contribution in [0.25, 0.3) is 0 Å². The molecule has 0 aliphatic carbocycles. The van der Waals surface area contributed by atoms with Crippen molar-refractivity contribution in [1.82, 2.24) is 9.13 Å². The van der Waals surface area contributed by atoms with Crippen molar-refractivity contribution in [3.8, 4) is 0 Å². The Morgan fingerprint density at radius 2 is 1.05 bits per heavy atom. The summed E-state index contributed by atoms with van der Waals surface area (Å²) in [5.74, 6) is -1.98. The molecule has 2 aliphatic rings. The number of nitrogens with two attached hydrogens (primary N) is 1. The molecular weight excluding hydrogens is 521 g/mol. The van der Waals surface area contributed by atoms with E-state index in [2.05, 4.69) is 0 Å². The predicted molar refractivity (Wildman–Crippen MR) is 142 cm³/mol. The minimum absolute atomic E-state index is 0. The standard InChI is InChI=1S/C15H14N2O2.C15H13NO3.Na.H2O/c16-15(19)11-8-9-17-12(11)6-7-13(17)14(18)10-4-2-1-3-5-10;17-14(10-4-2-1-3-5-10)13-7-6-12-11(15(18)19)8-9-16(12)13;;/h1-7,11H,8-9H2,(H2,16,19);1-7,11H,8-9H2,(H,18,19);;1H2/q;;+1;/p-1. The summed E-state index contributed by atoms with van der Waals surface area (Å²) in [6.07, 6.45) is 1.24. The zero-order valence-corrected chi connectivity index (χ0v) is 24.1. The van der Waals surface area contributed by atoms with Gasteiger partial charge in [0.05, 0.1) is 23.2 Å². The van der Waals surface area contributed by atoms with E-state index in [0.717, 1.165) is 11.4 Å². The fourth-order valence-corrected chi connectivity index (χ4v) is 5.30. The Morgan fingerprint density at radius 1 is 0.650 bits per heavy atom. The fraction of sp³-hybridized carbons (Fsp3) is 0.200. The monoisotopic (exact) mass is 549 g/mol. The third-order valence-corrected chi connectivity index (χ3v) is 7.20. The first-order chi connectivity index (χ1) is 18.4. The molecule has 6 rings (SSSR count). The number of ketones is 2. The number of amides is 1. The van der Waals surface area contributed by atoms with Gasteiger partial charge in [-0.3, -0.25) is 19.2 Å². The first kappa shape index (κ1) is 30.8. The summed E-state index contributed by atoms with van der Waals surface area (Å²) in [6, 6.07) is 25.3. The number of primary amides is 1. The molecule has 40 heavy (non-hydrogen) atoms. The van der Waals surface area contributed by atoms with Crippen LogP contribution in [0.5, 0.6) is 0 Å². The van der Waals surface area contributed by atoms with E-state index in [1.54, 1.807) is 42.5 Å². The Morgan fingerprint density at radius 3 is 1.45 bits per heavy atom. The van der Waals surface area contributed by atoms with Crippen LogP contribution in [-0.4, -0.2) is 43.2 Å². The van der Waals surface area contributed by atoms with Crippen LogP contribution >= 0.6 is 0 Å². The van der Waals surface area contributed by atoms with Crippen LogP contribution in [0.2, 0.25) is 0 Å². The normalized spacial score (nSPS) is 16.3. The van der Waals surface area contributed by atoms with Gasteiger partial charge in [0.1, 0.15) is 0 Å². The molecule has 2 unspecified atom stereocenters. The number of aromatic nitrogens is 2. The number of carboxylic acid groups (broad SMARTS) is 1. The topological polar surface area (TPSA) is 154 Å². The summed E-state index contributed by atoms with van der Waals surface area (Å²) < 4.78 is 3.74. The van der Waals surface area contributed by atoms with Crippen molar-refractivity contribution < 1.29 is 59.3 Å². The summed E-state index contributed by atoms with van der Waals surface area (Å²) in [5.41, 5.74) is 9.44. The maximum Gasteiger partial charge on any atom is 1.00 e. The molecule has 2 aromatic heterocycles. The second-order valence-corrected chi connectivity index (χ2v) is 9.40. The molecule has 2 aromatic carbocycles. The minimum Gasteiger partial charge on any atom is -0.870 e. The minimum atomic E-state index is -0.824. The second kappa shape index (κ2) is 13.1. The van der Waals surface area contributed by atoms with Gasteiger partial charge in [-0.1, -0.05) is 60.7 Å². The molecule has 4 heterocycles. The molecule has 0 radical (unpaired) electrons. The Bertz CT molecular complexity index is 1410. The van der Waals surface area contributed by atoms with Crippen LogP contribution in [0.1, 0.15) is 68.2 Å².